The lowest BCUT2D eigenvalue weighted by Gasteiger charge is -2.31. The van der Waals surface area contributed by atoms with Crippen LogP contribution in [0, 0.1) is 0 Å². The van der Waals surface area contributed by atoms with E-state index < -0.39 is 0 Å². The first-order valence-electron chi connectivity index (χ1n) is 11.1. The molecule has 166 valence electrons. The van der Waals surface area contributed by atoms with Crippen LogP contribution in [0.1, 0.15) is 59.9 Å². The molecule has 3 aromatic rings. The van der Waals surface area contributed by atoms with Crippen LogP contribution >= 0.6 is 0 Å². The zero-order valence-electron chi connectivity index (χ0n) is 19.8. The minimum absolute atomic E-state index is 0.0870. The van der Waals surface area contributed by atoms with Crippen molar-refractivity contribution < 1.29 is 9.53 Å². The molecule has 0 aliphatic rings. The highest BCUT2D eigenvalue weighted by Gasteiger charge is 2.22. The van der Waals surface area contributed by atoms with E-state index in [-0.39, 0.29) is 30.0 Å². The van der Waals surface area contributed by atoms with Crippen LogP contribution in [-0.4, -0.2) is 32.4 Å². The molecule has 0 fully saturated rings. The predicted molar refractivity (Wildman–Crippen MR) is 126 cm³/mol. The molecule has 0 aliphatic heterocycles. The Bertz CT molecular complexity index is 1020. The van der Waals surface area contributed by atoms with Crippen molar-refractivity contribution in [3.05, 3.63) is 59.9 Å². The SMILES string of the molecule is CC(C)N(C(=O)Cn1c(COc2ccc(C(C)(C)C)cc2)nc2ccccc21)C(C)C. The van der Waals surface area contributed by atoms with Crippen molar-refractivity contribution in [2.24, 2.45) is 0 Å². The number of aromatic nitrogens is 2. The molecule has 0 spiro atoms. The molecule has 1 aromatic heterocycles. The van der Waals surface area contributed by atoms with Crippen LogP contribution in [0.4, 0.5) is 0 Å². The Kier molecular flexibility index (Phi) is 6.73. The van der Waals surface area contributed by atoms with E-state index >= 15 is 0 Å². The lowest BCUT2D eigenvalue weighted by Crippen LogP contribution is -2.43. The van der Waals surface area contributed by atoms with E-state index in [4.69, 9.17) is 9.72 Å². The summed E-state index contributed by atoms with van der Waals surface area (Å²) in [6.45, 7) is 15.3. The Balaban J connectivity index is 1.85. The fourth-order valence-corrected chi connectivity index (χ4v) is 4.00. The van der Waals surface area contributed by atoms with E-state index in [1.807, 2.05) is 45.9 Å². The molecule has 0 aliphatic carbocycles. The van der Waals surface area contributed by atoms with Gasteiger partial charge in [-0.2, -0.15) is 0 Å². The molecular weight excluding hydrogens is 386 g/mol. The maximum atomic E-state index is 13.1. The smallest absolute Gasteiger partial charge is 0.243 e. The van der Waals surface area contributed by atoms with Gasteiger partial charge in [0, 0.05) is 12.1 Å². The number of hydrogen-bond donors (Lipinski definition) is 0. The molecule has 1 heterocycles. The van der Waals surface area contributed by atoms with Crippen molar-refractivity contribution >= 4 is 16.9 Å². The summed E-state index contributed by atoms with van der Waals surface area (Å²) in [5.74, 6) is 1.63. The molecular formula is C26H35N3O2. The van der Waals surface area contributed by atoms with Crippen LogP contribution in [-0.2, 0) is 23.4 Å². The first-order chi connectivity index (χ1) is 14.6. The number of rotatable bonds is 7. The number of benzene rings is 2. The molecule has 1 amide bonds. The van der Waals surface area contributed by atoms with Crippen molar-refractivity contribution in [3.8, 4) is 5.75 Å². The molecule has 0 radical (unpaired) electrons. The van der Waals surface area contributed by atoms with E-state index in [1.165, 1.54) is 5.56 Å². The van der Waals surface area contributed by atoms with Crippen LogP contribution in [0.15, 0.2) is 48.5 Å². The van der Waals surface area contributed by atoms with Gasteiger partial charge in [-0.15, -0.1) is 0 Å². The number of carbonyl (C=O) groups is 1. The topological polar surface area (TPSA) is 47.4 Å². The minimum atomic E-state index is 0.0870. The number of carbonyl (C=O) groups excluding carboxylic acids is 1. The summed E-state index contributed by atoms with van der Waals surface area (Å²) < 4.78 is 8.04. The standard InChI is InChI=1S/C26H35N3O2/c1-18(2)29(19(3)4)25(30)16-28-23-11-9-8-10-22(23)27-24(28)17-31-21-14-12-20(13-15-21)26(5,6)7/h8-15,18-19H,16-17H2,1-7H3. The minimum Gasteiger partial charge on any atom is -0.486 e. The Morgan fingerprint density at radius 1 is 1.00 bits per heavy atom. The summed E-state index contributed by atoms with van der Waals surface area (Å²) in [5, 5.41) is 0. The second kappa shape index (κ2) is 9.13. The lowest BCUT2D eigenvalue weighted by atomic mass is 9.87. The Morgan fingerprint density at radius 2 is 1.61 bits per heavy atom. The summed E-state index contributed by atoms with van der Waals surface area (Å²) in [7, 11) is 0. The molecule has 31 heavy (non-hydrogen) atoms. The van der Waals surface area contributed by atoms with Crippen molar-refractivity contribution in [1.29, 1.82) is 0 Å². The molecule has 0 unspecified atom stereocenters. The number of fused-ring (bicyclic) bond motifs is 1. The molecule has 0 atom stereocenters. The maximum absolute atomic E-state index is 13.1. The summed E-state index contributed by atoms with van der Waals surface area (Å²) in [6.07, 6.45) is 0. The fraction of sp³-hybridized carbons (Fsp3) is 0.462. The molecule has 3 rings (SSSR count). The largest absolute Gasteiger partial charge is 0.486 e. The monoisotopic (exact) mass is 421 g/mol. The van der Waals surface area contributed by atoms with E-state index in [0.29, 0.717) is 6.61 Å². The van der Waals surface area contributed by atoms with Gasteiger partial charge >= 0.3 is 0 Å². The van der Waals surface area contributed by atoms with Gasteiger partial charge in [0.25, 0.3) is 0 Å². The average molecular weight is 422 g/mol. The molecule has 0 N–H and O–H groups in total. The third-order valence-corrected chi connectivity index (χ3v) is 5.52. The molecule has 0 saturated heterocycles. The second-order valence-corrected chi connectivity index (χ2v) is 9.65. The van der Waals surface area contributed by atoms with Crippen LogP contribution in [0.25, 0.3) is 11.0 Å². The van der Waals surface area contributed by atoms with Gasteiger partial charge in [0.15, 0.2) is 0 Å². The average Bonchev–Trinajstić information content (AvgIpc) is 3.03. The van der Waals surface area contributed by atoms with E-state index in [9.17, 15) is 4.79 Å². The Labute approximate surface area is 186 Å². The molecule has 0 saturated carbocycles. The number of amides is 1. The first kappa shape index (κ1) is 22.9. The number of hydrogen-bond acceptors (Lipinski definition) is 3. The van der Waals surface area contributed by atoms with Crippen molar-refractivity contribution in [2.45, 2.75) is 79.1 Å². The van der Waals surface area contributed by atoms with Crippen LogP contribution < -0.4 is 4.74 Å². The zero-order valence-corrected chi connectivity index (χ0v) is 19.8. The first-order valence-corrected chi connectivity index (χ1v) is 11.1. The molecule has 5 heteroatoms. The number of ether oxygens (including phenoxy) is 1. The van der Waals surface area contributed by atoms with Gasteiger partial charge in [0.2, 0.25) is 5.91 Å². The molecule has 5 nitrogen and oxygen atoms in total. The summed E-state index contributed by atoms with van der Waals surface area (Å²) in [4.78, 5) is 19.8. The number of imidazole rings is 1. The summed E-state index contributed by atoms with van der Waals surface area (Å²) in [6, 6.07) is 16.4. The Hall–Kier alpha value is -2.82. The van der Waals surface area contributed by atoms with Gasteiger partial charge in [-0.1, -0.05) is 45.0 Å². The van der Waals surface area contributed by atoms with Gasteiger partial charge in [-0.3, -0.25) is 4.79 Å². The highest BCUT2D eigenvalue weighted by Crippen LogP contribution is 2.25. The summed E-state index contributed by atoms with van der Waals surface area (Å²) in [5.41, 5.74) is 3.19. The van der Waals surface area contributed by atoms with Crippen molar-refractivity contribution in [3.63, 3.8) is 0 Å². The predicted octanol–water partition coefficient (Wildman–Crippen LogP) is 5.56. The van der Waals surface area contributed by atoms with Crippen molar-refractivity contribution in [1.82, 2.24) is 14.5 Å². The fourth-order valence-electron chi connectivity index (χ4n) is 4.00. The van der Waals surface area contributed by atoms with E-state index in [2.05, 4.69) is 60.6 Å². The maximum Gasteiger partial charge on any atom is 0.243 e. The highest BCUT2D eigenvalue weighted by atomic mass is 16.5. The van der Waals surface area contributed by atoms with Crippen LogP contribution in [0.2, 0.25) is 0 Å². The van der Waals surface area contributed by atoms with Gasteiger partial charge in [0.1, 0.15) is 24.7 Å². The third kappa shape index (κ3) is 5.27. The van der Waals surface area contributed by atoms with Crippen LogP contribution in [0.3, 0.4) is 0 Å². The summed E-state index contributed by atoms with van der Waals surface area (Å²) >= 11 is 0. The van der Waals surface area contributed by atoms with Crippen LogP contribution in [0.5, 0.6) is 5.75 Å². The van der Waals surface area contributed by atoms with Gasteiger partial charge in [-0.25, -0.2) is 4.98 Å². The quantitative estimate of drug-likeness (QED) is 0.502. The second-order valence-electron chi connectivity index (χ2n) is 9.65. The Morgan fingerprint density at radius 3 is 2.19 bits per heavy atom. The number of nitrogens with zero attached hydrogens (tertiary/aromatic N) is 3. The zero-order chi connectivity index (χ0) is 22.8. The third-order valence-electron chi connectivity index (χ3n) is 5.52. The lowest BCUT2D eigenvalue weighted by molar-refractivity contribution is -0.135. The van der Waals surface area contributed by atoms with E-state index in [1.54, 1.807) is 0 Å². The molecule has 2 aromatic carbocycles. The molecule has 0 bridgehead atoms. The highest BCUT2D eigenvalue weighted by molar-refractivity contribution is 5.81. The number of para-hydroxylation sites is 2. The van der Waals surface area contributed by atoms with Gasteiger partial charge in [0.05, 0.1) is 11.0 Å². The van der Waals surface area contributed by atoms with E-state index in [0.717, 1.165) is 22.6 Å². The normalized spacial score (nSPS) is 12.0. The van der Waals surface area contributed by atoms with Crippen molar-refractivity contribution in [2.75, 3.05) is 0 Å². The van der Waals surface area contributed by atoms with Gasteiger partial charge in [-0.05, 0) is 62.9 Å². The van der Waals surface area contributed by atoms with Gasteiger partial charge < -0.3 is 14.2 Å².